The van der Waals surface area contributed by atoms with Gasteiger partial charge in [0.05, 0.1) is 6.04 Å². The maximum Gasteiger partial charge on any atom is 0.327 e. The first-order chi connectivity index (χ1) is 13.9. The average molecular weight is 449 g/mol. The third-order valence-corrected chi connectivity index (χ3v) is 4.27. The molecule has 0 rings (SSSR count). The maximum atomic E-state index is 12.5. The molecule has 170 valence electrons. The summed E-state index contributed by atoms with van der Waals surface area (Å²) in [5.41, 5.74) is 15.7. The van der Waals surface area contributed by atoms with Gasteiger partial charge in [0.2, 0.25) is 29.5 Å². The van der Waals surface area contributed by atoms with Crippen molar-refractivity contribution in [2.45, 2.75) is 56.8 Å². The summed E-state index contributed by atoms with van der Waals surface area (Å²) in [5.74, 6) is -5.20. The number of carboxylic acid groups (broad SMARTS) is 1. The number of aliphatic carboxylic acids is 1. The molecule has 0 spiro atoms. The van der Waals surface area contributed by atoms with Crippen molar-refractivity contribution in [2.75, 3.05) is 5.75 Å². The Morgan fingerprint density at radius 1 is 0.833 bits per heavy atom. The molecule has 0 saturated heterocycles. The fourth-order valence-corrected chi connectivity index (χ4v) is 2.37. The van der Waals surface area contributed by atoms with E-state index in [2.05, 4.69) is 28.6 Å². The van der Waals surface area contributed by atoms with E-state index in [4.69, 9.17) is 22.3 Å². The smallest absolute Gasteiger partial charge is 0.327 e. The Morgan fingerprint density at radius 3 is 1.80 bits per heavy atom. The number of carbonyl (C=O) groups is 6. The number of nitrogens with two attached hydrogens (primary N) is 3. The Balaban J connectivity index is 5.05. The lowest BCUT2D eigenvalue weighted by atomic mass is 10.1. The van der Waals surface area contributed by atoms with E-state index in [0.29, 0.717) is 0 Å². The Kier molecular flexibility index (Phi) is 12.1. The average Bonchev–Trinajstić information content (AvgIpc) is 2.65. The van der Waals surface area contributed by atoms with Crippen LogP contribution in [0.1, 0.15) is 32.6 Å². The summed E-state index contributed by atoms with van der Waals surface area (Å²) in [6.07, 6.45) is -0.599. The molecule has 10 N–H and O–H groups in total. The Bertz CT molecular complexity index is 674. The van der Waals surface area contributed by atoms with Gasteiger partial charge in [-0.05, 0) is 19.8 Å². The molecule has 0 aromatic carbocycles. The molecule has 0 fully saturated rings. The summed E-state index contributed by atoms with van der Waals surface area (Å²) >= 11 is 3.82. The van der Waals surface area contributed by atoms with Gasteiger partial charge < -0.3 is 38.3 Å². The van der Waals surface area contributed by atoms with Crippen LogP contribution in [0.25, 0.3) is 0 Å². The van der Waals surface area contributed by atoms with Crippen LogP contribution >= 0.6 is 12.6 Å². The zero-order valence-corrected chi connectivity index (χ0v) is 17.3. The summed E-state index contributed by atoms with van der Waals surface area (Å²) in [6.45, 7) is 1.30. The number of carboxylic acids is 1. The number of amides is 5. The minimum absolute atomic E-state index is 0.0512. The van der Waals surface area contributed by atoms with Crippen LogP contribution in [0.3, 0.4) is 0 Å². The molecule has 0 radical (unpaired) electrons. The van der Waals surface area contributed by atoms with Crippen molar-refractivity contribution in [3.63, 3.8) is 0 Å². The van der Waals surface area contributed by atoms with E-state index in [1.54, 1.807) is 0 Å². The number of hydrogen-bond acceptors (Lipinski definition) is 8. The Morgan fingerprint density at radius 2 is 1.33 bits per heavy atom. The summed E-state index contributed by atoms with van der Waals surface area (Å²) < 4.78 is 0. The first-order valence-corrected chi connectivity index (χ1v) is 9.59. The molecule has 30 heavy (non-hydrogen) atoms. The fraction of sp³-hybridized carbons (Fsp3) is 0.625. The van der Waals surface area contributed by atoms with Crippen LogP contribution in [-0.4, -0.2) is 70.5 Å². The van der Waals surface area contributed by atoms with Gasteiger partial charge in [-0.1, -0.05) is 0 Å². The second-order valence-corrected chi connectivity index (χ2v) is 6.86. The number of hydrogen-bond donors (Lipinski definition) is 8. The number of carbonyl (C=O) groups excluding carboxylic acids is 5. The lowest BCUT2D eigenvalue weighted by Gasteiger charge is -2.23. The number of rotatable bonds is 14. The van der Waals surface area contributed by atoms with Crippen LogP contribution in [0.2, 0.25) is 0 Å². The molecular weight excluding hydrogens is 420 g/mol. The normalized spacial score (nSPS) is 14.5. The lowest BCUT2D eigenvalue weighted by molar-refractivity contribution is -0.141. The maximum absolute atomic E-state index is 12.5. The van der Waals surface area contributed by atoms with Crippen molar-refractivity contribution >= 4 is 48.1 Å². The zero-order chi connectivity index (χ0) is 23.4. The molecule has 14 heteroatoms. The van der Waals surface area contributed by atoms with E-state index < -0.39 is 59.7 Å². The van der Waals surface area contributed by atoms with E-state index in [9.17, 15) is 28.8 Å². The Hall–Kier alpha value is -2.87. The van der Waals surface area contributed by atoms with E-state index in [0.717, 1.165) is 0 Å². The lowest BCUT2D eigenvalue weighted by Crippen LogP contribution is -2.56. The molecule has 13 nitrogen and oxygen atoms in total. The topological polar surface area (TPSA) is 237 Å². The van der Waals surface area contributed by atoms with Gasteiger partial charge in [0.1, 0.15) is 18.1 Å². The minimum Gasteiger partial charge on any atom is -0.480 e. The third kappa shape index (κ3) is 10.6. The molecule has 0 saturated carbocycles. The minimum atomic E-state index is -1.30. The van der Waals surface area contributed by atoms with Crippen molar-refractivity contribution < 1.29 is 33.9 Å². The van der Waals surface area contributed by atoms with Crippen LogP contribution in [-0.2, 0) is 28.8 Å². The molecule has 5 amide bonds. The fourth-order valence-electron chi connectivity index (χ4n) is 2.12. The van der Waals surface area contributed by atoms with Crippen LogP contribution in [0.4, 0.5) is 0 Å². The molecule has 4 unspecified atom stereocenters. The third-order valence-electron chi connectivity index (χ3n) is 3.90. The van der Waals surface area contributed by atoms with Crippen LogP contribution < -0.4 is 33.2 Å². The number of thiol groups is 1. The van der Waals surface area contributed by atoms with Gasteiger partial charge in [0.15, 0.2) is 0 Å². The largest absolute Gasteiger partial charge is 0.480 e. The number of primary amides is 2. The highest BCUT2D eigenvalue weighted by molar-refractivity contribution is 7.80. The molecule has 0 heterocycles. The van der Waals surface area contributed by atoms with Gasteiger partial charge in [-0.2, -0.15) is 12.6 Å². The van der Waals surface area contributed by atoms with Crippen molar-refractivity contribution in [3.05, 3.63) is 0 Å². The molecule has 4 atom stereocenters. The Labute approximate surface area is 178 Å². The van der Waals surface area contributed by atoms with Crippen molar-refractivity contribution in [2.24, 2.45) is 17.2 Å². The molecule has 0 bridgehead atoms. The predicted molar refractivity (Wildman–Crippen MR) is 108 cm³/mol. The highest BCUT2D eigenvalue weighted by Crippen LogP contribution is 2.02. The van der Waals surface area contributed by atoms with E-state index in [-0.39, 0.29) is 31.4 Å². The van der Waals surface area contributed by atoms with Gasteiger partial charge >= 0.3 is 5.97 Å². The van der Waals surface area contributed by atoms with Gasteiger partial charge in [-0.15, -0.1) is 0 Å². The standard InChI is InChI=1S/C16H28N6O7S/c1-7(13(25)22-10(6-30)16(28)29)20-15(27)9(3-5-12(19)24)21-14(26)8(17)2-4-11(18)23/h7-10,30H,2-6,17H2,1H3,(H2,18,23)(H2,19,24)(H,20,27)(H,21,26)(H,22,25)(H,28,29). The summed E-state index contributed by atoms with van der Waals surface area (Å²) in [7, 11) is 0. The predicted octanol–water partition coefficient (Wildman–Crippen LogP) is -3.67. The van der Waals surface area contributed by atoms with Crippen LogP contribution in [0, 0.1) is 0 Å². The first kappa shape index (κ1) is 27.1. The molecule has 0 aliphatic carbocycles. The molecular formula is C16H28N6O7S. The summed E-state index contributed by atoms with van der Waals surface area (Å²) in [6, 6.07) is -4.79. The summed E-state index contributed by atoms with van der Waals surface area (Å²) in [4.78, 5) is 69.5. The van der Waals surface area contributed by atoms with Crippen LogP contribution in [0.5, 0.6) is 0 Å². The first-order valence-electron chi connectivity index (χ1n) is 8.96. The van der Waals surface area contributed by atoms with E-state index in [1.165, 1.54) is 6.92 Å². The van der Waals surface area contributed by atoms with Gasteiger partial charge in [0, 0.05) is 18.6 Å². The van der Waals surface area contributed by atoms with Crippen molar-refractivity contribution in [3.8, 4) is 0 Å². The van der Waals surface area contributed by atoms with Crippen molar-refractivity contribution in [1.29, 1.82) is 0 Å². The SMILES string of the molecule is CC(NC(=O)C(CCC(N)=O)NC(=O)C(N)CCC(N)=O)C(=O)NC(CS)C(=O)O. The van der Waals surface area contributed by atoms with Gasteiger partial charge in [-0.3, -0.25) is 24.0 Å². The van der Waals surface area contributed by atoms with Gasteiger partial charge in [-0.25, -0.2) is 4.79 Å². The van der Waals surface area contributed by atoms with E-state index in [1.807, 2.05) is 0 Å². The second-order valence-electron chi connectivity index (χ2n) is 6.49. The number of nitrogens with one attached hydrogen (secondary N) is 3. The monoisotopic (exact) mass is 448 g/mol. The van der Waals surface area contributed by atoms with E-state index >= 15 is 0 Å². The molecule has 0 aromatic rings. The van der Waals surface area contributed by atoms with Gasteiger partial charge in [0.25, 0.3) is 0 Å². The molecule has 0 aromatic heterocycles. The zero-order valence-electron chi connectivity index (χ0n) is 16.4. The summed E-state index contributed by atoms with van der Waals surface area (Å²) in [5, 5.41) is 15.8. The molecule has 0 aliphatic heterocycles. The van der Waals surface area contributed by atoms with Crippen molar-refractivity contribution in [1.82, 2.24) is 16.0 Å². The molecule has 0 aliphatic rings. The highest BCUT2D eigenvalue weighted by atomic mass is 32.1. The second kappa shape index (κ2) is 13.4. The highest BCUT2D eigenvalue weighted by Gasteiger charge is 2.28. The van der Waals surface area contributed by atoms with Crippen LogP contribution in [0.15, 0.2) is 0 Å². The quantitative estimate of drug-likeness (QED) is 0.123.